The predicted molar refractivity (Wildman–Crippen MR) is 100.0 cm³/mol. The van der Waals surface area contributed by atoms with E-state index >= 15 is 0 Å². The van der Waals surface area contributed by atoms with Crippen LogP contribution in [-0.2, 0) is 24.3 Å². The summed E-state index contributed by atoms with van der Waals surface area (Å²) in [6.07, 6.45) is 3.70. The van der Waals surface area contributed by atoms with Gasteiger partial charge in [0.05, 0.1) is 12.5 Å². The second kappa shape index (κ2) is 7.50. The van der Waals surface area contributed by atoms with Gasteiger partial charge in [0.25, 0.3) is 5.91 Å². The Bertz CT molecular complexity index is 843. The Kier molecular flexibility index (Phi) is 4.92. The van der Waals surface area contributed by atoms with Crippen LogP contribution in [0.1, 0.15) is 46.8 Å². The van der Waals surface area contributed by atoms with Crippen molar-refractivity contribution in [3.8, 4) is 0 Å². The van der Waals surface area contributed by atoms with Crippen LogP contribution in [0.4, 0.5) is 0 Å². The molecule has 2 amide bonds. The number of fused-ring (bicyclic) bond motifs is 1. The second-order valence-electron chi connectivity index (χ2n) is 7.46. The molecular weight excluding hydrogens is 342 g/mol. The van der Waals surface area contributed by atoms with Gasteiger partial charge in [-0.25, -0.2) is 0 Å². The number of benzene rings is 1. The molecule has 0 spiro atoms. The number of nitrogens with one attached hydrogen (secondary N) is 1. The van der Waals surface area contributed by atoms with E-state index in [1.807, 2.05) is 31.2 Å². The third-order valence-electron chi connectivity index (χ3n) is 5.48. The highest BCUT2D eigenvalue weighted by Gasteiger charge is 2.29. The summed E-state index contributed by atoms with van der Waals surface area (Å²) in [4.78, 5) is 27.2. The average molecular weight is 367 g/mol. The van der Waals surface area contributed by atoms with Gasteiger partial charge in [0, 0.05) is 31.6 Å². The van der Waals surface area contributed by atoms with Crippen molar-refractivity contribution in [3.05, 3.63) is 47.0 Å². The van der Waals surface area contributed by atoms with Crippen LogP contribution in [0.25, 0.3) is 0 Å². The summed E-state index contributed by atoms with van der Waals surface area (Å²) in [5, 5.41) is 11.3. The monoisotopic (exact) mass is 367 g/mol. The molecule has 2 aliphatic heterocycles. The zero-order chi connectivity index (χ0) is 18.8. The Morgan fingerprint density at radius 2 is 1.96 bits per heavy atom. The van der Waals surface area contributed by atoms with Gasteiger partial charge in [0.1, 0.15) is 5.82 Å². The topological polar surface area (TPSA) is 80.1 Å². The number of aromatic nitrogens is 3. The molecule has 2 aromatic rings. The number of rotatable bonds is 4. The van der Waals surface area contributed by atoms with Gasteiger partial charge >= 0.3 is 0 Å². The van der Waals surface area contributed by atoms with Crippen molar-refractivity contribution in [2.75, 3.05) is 13.1 Å². The highest BCUT2D eigenvalue weighted by molar-refractivity contribution is 5.94. The molecular formula is C20H25N5O2. The minimum absolute atomic E-state index is 0.00257. The van der Waals surface area contributed by atoms with Gasteiger partial charge in [-0.3, -0.25) is 9.59 Å². The van der Waals surface area contributed by atoms with E-state index in [2.05, 4.69) is 20.1 Å². The number of carbonyl (C=O) groups is 2. The highest BCUT2D eigenvalue weighted by Crippen LogP contribution is 2.20. The minimum atomic E-state index is -0.172. The van der Waals surface area contributed by atoms with E-state index in [0.29, 0.717) is 25.2 Å². The maximum atomic E-state index is 12.7. The summed E-state index contributed by atoms with van der Waals surface area (Å²) in [6, 6.07) is 7.59. The van der Waals surface area contributed by atoms with Crippen LogP contribution in [0.15, 0.2) is 24.3 Å². The molecule has 27 heavy (non-hydrogen) atoms. The molecule has 1 N–H and O–H groups in total. The van der Waals surface area contributed by atoms with E-state index in [0.717, 1.165) is 49.4 Å². The largest absolute Gasteiger partial charge is 0.348 e. The van der Waals surface area contributed by atoms with E-state index in [1.165, 1.54) is 0 Å². The van der Waals surface area contributed by atoms with Crippen LogP contribution in [0.2, 0.25) is 0 Å². The molecule has 0 radical (unpaired) electrons. The second-order valence-corrected chi connectivity index (χ2v) is 7.46. The Labute approximate surface area is 158 Å². The maximum Gasteiger partial charge on any atom is 0.253 e. The highest BCUT2D eigenvalue weighted by atomic mass is 16.2. The first-order chi connectivity index (χ1) is 13.1. The fourth-order valence-electron chi connectivity index (χ4n) is 3.91. The molecule has 7 nitrogen and oxygen atoms in total. The van der Waals surface area contributed by atoms with Gasteiger partial charge in [-0.15, -0.1) is 10.2 Å². The first kappa shape index (κ1) is 17.7. The number of aryl methyl sites for hydroxylation is 2. The molecule has 2 aliphatic rings. The van der Waals surface area contributed by atoms with E-state index in [-0.39, 0.29) is 17.7 Å². The standard InChI is InChI=1S/C20H25N5O2/c1-14-6-8-15(9-7-14)20(27)24-10-2-4-16(13-24)19(26)21-12-18-23-22-17-5-3-11-25(17)18/h6-9,16H,2-5,10-13H2,1H3,(H,21,26). The molecule has 1 unspecified atom stereocenters. The number of amides is 2. The van der Waals surface area contributed by atoms with Gasteiger partial charge in [-0.1, -0.05) is 17.7 Å². The van der Waals surface area contributed by atoms with Gasteiger partial charge in [-0.2, -0.15) is 0 Å². The van der Waals surface area contributed by atoms with Crippen LogP contribution in [0, 0.1) is 12.8 Å². The van der Waals surface area contributed by atoms with Crippen molar-refractivity contribution in [2.24, 2.45) is 5.92 Å². The summed E-state index contributed by atoms with van der Waals surface area (Å²) in [5.74, 6) is 1.65. The number of piperidine rings is 1. The lowest BCUT2D eigenvalue weighted by Gasteiger charge is -2.32. The van der Waals surface area contributed by atoms with E-state index < -0.39 is 0 Å². The number of nitrogens with zero attached hydrogens (tertiary/aromatic N) is 4. The maximum absolute atomic E-state index is 12.7. The van der Waals surface area contributed by atoms with Crippen molar-refractivity contribution in [1.82, 2.24) is 25.0 Å². The normalized spacial score (nSPS) is 19.0. The summed E-state index contributed by atoms with van der Waals surface area (Å²) in [5.41, 5.74) is 1.81. The van der Waals surface area contributed by atoms with E-state index in [1.54, 1.807) is 4.90 Å². The lowest BCUT2D eigenvalue weighted by Crippen LogP contribution is -2.45. The molecule has 0 aliphatic carbocycles. The number of hydrogen-bond acceptors (Lipinski definition) is 4. The van der Waals surface area contributed by atoms with E-state index in [9.17, 15) is 9.59 Å². The minimum Gasteiger partial charge on any atom is -0.348 e. The van der Waals surface area contributed by atoms with Crippen molar-refractivity contribution in [3.63, 3.8) is 0 Å². The molecule has 142 valence electrons. The smallest absolute Gasteiger partial charge is 0.253 e. The molecule has 7 heteroatoms. The molecule has 1 atom stereocenters. The van der Waals surface area contributed by atoms with Crippen molar-refractivity contribution in [2.45, 2.75) is 45.7 Å². The summed E-state index contributed by atoms with van der Waals surface area (Å²) in [6.45, 7) is 4.50. The van der Waals surface area contributed by atoms with Gasteiger partial charge < -0.3 is 14.8 Å². The van der Waals surface area contributed by atoms with Crippen LogP contribution in [0.5, 0.6) is 0 Å². The van der Waals surface area contributed by atoms with Crippen molar-refractivity contribution < 1.29 is 9.59 Å². The Hall–Kier alpha value is -2.70. The van der Waals surface area contributed by atoms with Crippen molar-refractivity contribution >= 4 is 11.8 Å². The zero-order valence-corrected chi connectivity index (χ0v) is 15.6. The Balaban J connectivity index is 1.35. The SMILES string of the molecule is Cc1ccc(C(=O)N2CCCC(C(=O)NCc3nnc4n3CCC4)C2)cc1. The molecule has 0 saturated carbocycles. The Morgan fingerprint density at radius 3 is 2.78 bits per heavy atom. The first-order valence-electron chi connectivity index (χ1n) is 9.66. The lowest BCUT2D eigenvalue weighted by atomic mass is 9.96. The first-order valence-corrected chi connectivity index (χ1v) is 9.66. The fourth-order valence-corrected chi connectivity index (χ4v) is 3.91. The van der Waals surface area contributed by atoms with E-state index in [4.69, 9.17) is 0 Å². The van der Waals surface area contributed by atoms with Gasteiger partial charge in [0.15, 0.2) is 5.82 Å². The average Bonchev–Trinajstić information content (AvgIpc) is 3.30. The van der Waals surface area contributed by atoms with Crippen LogP contribution < -0.4 is 5.32 Å². The van der Waals surface area contributed by atoms with Gasteiger partial charge in [0.2, 0.25) is 5.91 Å². The molecule has 1 aromatic carbocycles. The summed E-state index contributed by atoms with van der Waals surface area (Å²) < 4.78 is 2.09. The fraction of sp³-hybridized carbons (Fsp3) is 0.500. The molecule has 3 heterocycles. The third kappa shape index (κ3) is 3.72. The van der Waals surface area contributed by atoms with Crippen LogP contribution >= 0.6 is 0 Å². The molecule has 1 saturated heterocycles. The van der Waals surface area contributed by atoms with Gasteiger partial charge in [-0.05, 0) is 38.3 Å². The molecule has 0 bridgehead atoms. The van der Waals surface area contributed by atoms with Crippen LogP contribution in [0.3, 0.4) is 0 Å². The molecule has 1 aromatic heterocycles. The Morgan fingerprint density at radius 1 is 1.15 bits per heavy atom. The third-order valence-corrected chi connectivity index (χ3v) is 5.48. The molecule has 4 rings (SSSR count). The zero-order valence-electron chi connectivity index (χ0n) is 15.6. The summed E-state index contributed by atoms with van der Waals surface area (Å²) in [7, 11) is 0. The molecule has 1 fully saturated rings. The van der Waals surface area contributed by atoms with Crippen molar-refractivity contribution in [1.29, 1.82) is 0 Å². The predicted octanol–water partition coefficient (Wildman–Crippen LogP) is 1.70. The number of carbonyl (C=O) groups excluding carboxylic acids is 2. The summed E-state index contributed by atoms with van der Waals surface area (Å²) >= 11 is 0. The van der Waals surface area contributed by atoms with Crippen LogP contribution in [-0.4, -0.2) is 44.6 Å². The quantitative estimate of drug-likeness (QED) is 0.892. The number of likely N-dealkylation sites (tertiary alicyclic amines) is 1. The number of hydrogen-bond donors (Lipinski definition) is 1. The lowest BCUT2D eigenvalue weighted by molar-refractivity contribution is -0.126.